The van der Waals surface area contributed by atoms with Gasteiger partial charge in [0.2, 0.25) is 0 Å². The summed E-state index contributed by atoms with van der Waals surface area (Å²) in [6.45, 7) is 13.3. The third-order valence-corrected chi connectivity index (χ3v) is 2.15. The van der Waals surface area contributed by atoms with Crippen LogP contribution in [0, 0.1) is 11.8 Å². The van der Waals surface area contributed by atoms with Crippen molar-refractivity contribution in [3.05, 3.63) is 0 Å². The van der Waals surface area contributed by atoms with Gasteiger partial charge in [-0.15, -0.1) is 0 Å². The molecule has 0 aromatic heterocycles. The molecule has 19 heavy (non-hydrogen) atoms. The fourth-order valence-corrected chi connectivity index (χ4v) is 1.27. The van der Waals surface area contributed by atoms with Gasteiger partial charge in [-0.25, -0.2) is 9.59 Å². The van der Waals surface area contributed by atoms with Crippen LogP contribution in [0.5, 0.6) is 0 Å². The molecule has 0 aliphatic carbocycles. The van der Waals surface area contributed by atoms with Crippen molar-refractivity contribution in [1.29, 1.82) is 0 Å². The summed E-state index contributed by atoms with van der Waals surface area (Å²) in [7, 11) is 0. The fourth-order valence-electron chi connectivity index (χ4n) is 1.27. The van der Waals surface area contributed by atoms with Crippen molar-refractivity contribution in [2.75, 3.05) is 6.61 Å². The highest BCUT2D eigenvalue weighted by Crippen LogP contribution is 2.10. The first-order valence-corrected chi connectivity index (χ1v) is 6.69. The normalized spacial score (nSPS) is 13.3. The van der Waals surface area contributed by atoms with Crippen LogP contribution in [0.25, 0.3) is 0 Å². The van der Waals surface area contributed by atoms with E-state index in [0.29, 0.717) is 6.61 Å². The highest BCUT2D eigenvalue weighted by molar-refractivity contribution is 5.81. The highest BCUT2D eigenvalue weighted by Gasteiger charge is 2.28. The Labute approximate surface area is 116 Å². The van der Waals surface area contributed by atoms with Crippen molar-refractivity contribution in [3.63, 3.8) is 0 Å². The van der Waals surface area contributed by atoms with Crippen molar-refractivity contribution in [2.24, 2.45) is 11.8 Å². The maximum Gasteiger partial charge on any atom is 0.408 e. The van der Waals surface area contributed by atoms with Crippen LogP contribution >= 0.6 is 0 Å². The Morgan fingerprint density at radius 2 is 1.63 bits per heavy atom. The lowest BCUT2D eigenvalue weighted by atomic mass is 10.1. The molecular weight excluding hydrogens is 246 g/mol. The molecule has 0 heterocycles. The summed E-state index contributed by atoms with van der Waals surface area (Å²) in [6, 6.07) is -0.686. The third kappa shape index (κ3) is 8.46. The molecule has 1 unspecified atom stereocenters. The lowest BCUT2D eigenvalue weighted by Gasteiger charge is -2.24. The van der Waals surface area contributed by atoms with Crippen LogP contribution in [-0.4, -0.2) is 30.3 Å². The number of amides is 1. The second-order valence-electron chi connectivity index (χ2n) is 6.39. The van der Waals surface area contributed by atoms with E-state index in [1.807, 2.05) is 27.7 Å². The number of nitrogens with one attached hydrogen (secondary N) is 1. The van der Waals surface area contributed by atoms with Crippen LogP contribution in [0.15, 0.2) is 0 Å². The Kier molecular flexibility index (Phi) is 6.87. The summed E-state index contributed by atoms with van der Waals surface area (Å²) in [5.41, 5.74) is -0.590. The van der Waals surface area contributed by atoms with Gasteiger partial charge in [-0.05, 0) is 32.6 Å². The number of ether oxygens (including phenoxy) is 2. The largest absolute Gasteiger partial charge is 0.464 e. The molecule has 112 valence electrons. The van der Waals surface area contributed by atoms with E-state index in [-0.39, 0.29) is 11.8 Å². The molecule has 5 heteroatoms. The molecule has 0 rings (SSSR count). The Bertz CT molecular complexity index is 305. The number of carbonyl (C=O) groups excluding carboxylic acids is 2. The maximum atomic E-state index is 11.9. The molecule has 0 aromatic rings. The van der Waals surface area contributed by atoms with E-state index in [9.17, 15) is 9.59 Å². The molecule has 1 amide bonds. The lowest BCUT2D eigenvalue weighted by molar-refractivity contribution is -0.148. The van der Waals surface area contributed by atoms with Gasteiger partial charge in [-0.3, -0.25) is 0 Å². The van der Waals surface area contributed by atoms with Crippen LogP contribution in [0.3, 0.4) is 0 Å². The van der Waals surface area contributed by atoms with Gasteiger partial charge in [0.1, 0.15) is 11.6 Å². The Hall–Kier alpha value is -1.26. The van der Waals surface area contributed by atoms with Crippen molar-refractivity contribution in [1.82, 2.24) is 5.32 Å². The quantitative estimate of drug-likeness (QED) is 0.782. The lowest BCUT2D eigenvalue weighted by Crippen LogP contribution is -2.47. The maximum absolute atomic E-state index is 11.9. The predicted octanol–water partition coefficient (Wildman–Crippen LogP) is 2.73. The van der Waals surface area contributed by atoms with Gasteiger partial charge in [0.25, 0.3) is 0 Å². The standard InChI is InChI=1S/C14H27NO4/c1-9(2)8-18-12(16)11(10(3)4)15-13(17)19-14(5,6)7/h9-11H,8H2,1-7H3,(H,15,17). The minimum Gasteiger partial charge on any atom is -0.464 e. The van der Waals surface area contributed by atoms with E-state index in [1.54, 1.807) is 20.8 Å². The molecule has 1 atom stereocenters. The van der Waals surface area contributed by atoms with Crippen molar-refractivity contribution < 1.29 is 19.1 Å². The predicted molar refractivity (Wildman–Crippen MR) is 73.8 cm³/mol. The fraction of sp³-hybridized carbons (Fsp3) is 0.857. The molecule has 5 nitrogen and oxygen atoms in total. The first-order valence-electron chi connectivity index (χ1n) is 6.69. The summed E-state index contributed by atoms with van der Waals surface area (Å²) >= 11 is 0. The van der Waals surface area contributed by atoms with E-state index in [2.05, 4.69) is 5.32 Å². The Balaban J connectivity index is 4.49. The molecule has 0 aromatic carbocycles. The van der Waals surface area contributed by atoms with E-state index < -0.39 is 23.7 Å². The smallest absolute Gasteiger partial charge is 0.408 e. The van der Waals surface area contributed by atoms with Crippen LogP contribution in [0.4, 0.5) is 4.79 Å². The zero-order valence-corrected chi connectivity index (χ0v) is 13.1. The molecule has 0 spiro atoms. The van der Waals surface area contributed by atoms with Crippen molar-refractivity contribution >= 4 is 12.1 Å². The second kappa shape index (κ2) is 7.36. The van der Waals surface area contributed by atoms with Crippen LogP contribution in [0.1, 0.15) is 48.5 Å². The molecule has 0 bridgehead atoms. The average molecular weight is 273 g/mol. The number of hydrogen-bond donors (Lipinski definition) is 1. The summed E-state index contributed by atoms with van der Waals surface area (Å²) in [4.78, 5) is 23.6. The number of carbonyl (C=O) groups is 2. The molecule has 1 N–H and O–H groups in total. The second-order valence-corrected chi connectivity index (χ2v) is 6.39. The van der Waals surface area contributed by atoms with E-state index in [0.717, 1.165) is 0 Å². The topological polar surface area (TPSA) is 64.6 Å². The van der Waals surface area contributed by atoms with Crippen molar-refractivity contribution in [3.8, 4) is 0 Å². The van der Waals surface area contributed by atoms with E-state index in [1.165, 1.54) is 0 Å². The highest BCUT2D eigenvalue weighted by atomic mass is 16.6. The van der Waals surface area contributed by atoms with Crippen LogP contribution in [-0.2, 0) is 14.3 Å². The van der Waals surface area contributed by atoms with Crippen LogP contribution < -0.4 is 5.32 Å². The summed E-state index contributed by atoms with van der Waals surface area (Å²) < 4.78 is 10.3. The van der Waals surface area contributed by atoms with E-state index in [4.69, 9.17) is 9.47 Å². The minimum atomic E-state index is -0.686. The van der Waals surface area contributed by atoms with Gasteiger partial charge in [0, 0.05) is 0 Å². The summed E-state index contributed by atoms with van der Waals surface area (Å²) in [5.74, 6) is -0.222. The van der Waals surface area contributed by atoms with Gasteiger partial charge in [-0.1, -0.05) is 27.7 Å². The molecule has 0 radical (unpaired) electrons. The zero-order chi connectivity index (χ0) is 15.2. The third-order valence-electron chi connectivity index (χ3n) is 2.15. The van der Waals surface area contributed by atoms with Crippen LogP contribution in [0.2, 0.25) is 0 Å². The van der Waals surface area contributed by atoms with E-state index >= 15 is 0 Å². The molecular formula is C14H27NO4. The summed E-state index contributed by atoms with van der Waals surface area (Å²) in [6.07, 6.45) is -0.604. The molecule has 0 aliphatic rings. The zero-order valence-electron chi connectivity index (χ0n) is 13.1. The number of esters is 1. The number of hydrogen-bond acceptors (Lipinski definition) is 4. The first-order chi connectivity index (χ1) is 8.53. The number of alkyl carbamates (subject to hydrolysis) is 1. The van der Waals surface area contributed by atoms with Gasteiger partial charge >= 0.3 is 12.1 Å². The Morgan fingerprint density at radius 3 is 2.00 bits per heavy atom. The monoisotopic (exact) mass is 273 g/mol. The van der Waals surface area contributed by atoms with Gasteiger partial charge < -0.3 is 14.8 Å². The van der Waals surface area contributed by atoms with Gasteiger partial charge in [0.05, 0.1) is 6.61 Å². The number of rotatable bonds is 5. The van der Waals surface area contributed by atoms with Gasteiger partial charge in [-0.2, -0.15) is 0 Å². The van der Waals surface area contributed by atoms with Crippen molar-refractivity contribution in [2.45, 2.75) is 60.1 Å². The molecule has 0 saturated heterocycles. The minimum absolute atomic E-state index is 0.0628. The molecule has 0 saturated carbocycles. The molecule has 0 aliphatic heterocycles. The first kappa shape index (κ1) is 17.7. The average Bonchev–Trinajstić information content (AvgIpc) is 2.19. The molecule has 0 fully saturated rings. The Morgan fingerprint density at radius 1 is 1.11 bits per heavy atom. The summed E-state index contributed by atoms with van der Waals surface area (Å²) in [5, 5.41) is 2.56. The van der Waals surface area contributed by atoms with Gasteiger partial charge in [0.15, 0.2) is 0 Å². The SMILES string of the molecule is CC(C)COC(=O)C(NC(=O)OC(C)(C)C)C(C)C.